The highest BCUT2D eigenvalue weighted by molar-refractivity contribution is 9.10. The second kappa shape index (κ2) is 6.87. The number of nitrogens with one attached hydrogen (secondary N) is 4. The minimum Gasteiger partial charge on any atom is -0.460 e. The van der Waals surface area contributed by atoms with Crippen LogP contribution in [-0.4, -0.2) is 20.4 Å². The van der Waals surface area contributed by atoms with Gasteiger partial charge in [-0.25, -0.2) is 0 Å². The topological polar surface area (TPSA) is 110 Å². The third-order valence-electron chi connectivity index (χ3n) is 4.97. The normalized spacial score (nSPS) is 11.5. The van der Waals surface area contributed by atoms with E-state index in [1.54, 1.807) is 13.8 Å². The van der Waals surface area contributed by atoms with Crippen LogP contribution < -0.4 is 11.1 Å². The second-order valence-electron chi connectivity index (χ2n) is 6.83. The number of aryl methyl sites for hydroxylation is 3. The fourth-order valence-electron chi connectivity index (χ4n) is 3.44. The SMILES string of the molecule is Cc1ccc(-c2ccc(C(c3c(C)[nH][nH]c3=O)c3c(C)[nH][nH]c3=O)o2)cc1Br. The molecular weight excluding hydrogens is 424 g/mol. The van der Waals surface area contributed by atoms with Crippen molar-refractivity contribution in [1.29, 1.82) is 0 Å². The lowest BCUT2D eigenvalue weighted by molar-refractivity contribution is 0.513. The van der Waals surface area contributed by atoms with E-state index in [9.17, 15) is 9.59 Å². The number of benzene rings is 1. The average molecular weight is 443 g/mol. The maximum Gasteiger partial charge on any atom is 0.268 e. The molecule has 28 heavy (non-hydrogen) atoms. The smallest absolute Gasteiger partial charge is 0.268 e. The molecule has 0 atom stereocenters. The van der Waals surface area contributed by atoms with Crippen molar-refractivity contribution in [3.8, 4) is 11.3 Å². The minimum absolute atomic E-state index is 0.279. The summed E-state index contributed by atoms with van der Waals surface area (Å²) in [4.78, 5) is 24.9. The highest BCUT2D eigenvalue weighted by Gasteiger charge is 2.30. The summed E-state index contributed by atoms with van der Waals surface area (Å²) in [6.07, 6.45) is 0. The molecule has 0 amide bonds. The molecule has 0 aliphatic carbocycles. The standard InChI is InChI=1S/C20H19BrN4O3/c1-9-4-5-12(8-13(9)21)14-6-7-15(28-14)18(16-10(2)22-24-19(16)26)17-11(3)23-25-20(17)27/h4-8,18H,1-3H3,(H2,22,24,26)(H2,23,25,27). The van der Waals surface area contributed by atoms with Crippen LogP contribution in [-0.2, 0) is 0 Å². The van der Waals surface area contributed by atoms with E-state index in [1.807, 2.05) is 37.3 Å². The second-order valence-corrected chi connectivity index (χ2v) is 7.69. The Morgan fingerprint density at radius 3 is 1.96 bits per heavy atom. The van der Waals surface area contributed by atoms with Crippen molar-refractivity contribution in [2.24, 2.45) is 0 Å². The molecule has 0 spiro atoms. The lowest BCUT2D eigenvalue weighted by Crippen LogP contribution is -2.19. The van der Waals surface area contributed by atoms with E-state index in [-0.39, 0.29) is 11.1 Å². The van der Waals surface area contributed by atoms with Crippen molar-refractivity contribution in [1.82, 2.24) is 20.4 Å². The Labute approximate surface area is 168 Å². The van der Waals surface area contributed by atoms with E-state index in [0.29, 0.717) is 34.0 Å². The quantitative estimate of drug-likeness (QED) is 0.385. The van der Waals surface area contributed by atoms with Gasteiger partial charge < -0.3 is 14.6 Å². The molecule has 3 heterocycles. The Balaban J connectivity index is 1.89. The van der Waals surface area contributed by atoms with E-state index in [1.165, 1.54) is 0 Å². The number of halogens is 1. The number of hydrogen-bond donors (Lipinski definition) is 4. The van der Waals surface area contributed by atoms with Crippen molar-refractivity contribution in [2.75, 3.05) is 0 Å². The van der Waals surface area contributed by atoms with E-state index >= 15 is 0 Å². The summed E-state index contributed by atoms with van der Waals surface area (Å²) in [5.41, 5.74) is 3.70. The van der Waals surface area contributed by atoms with Gasteiger partial charge in [0.2, 0.25) is 0 Å². The van der Waals surface area contributed by atoms with Gasteiger partial charge in [-0.15, -0.1) is 0 Å². The van der Waals surface area contributed by atoms with Crippen LogP contribution in [0.15, 0.2) is 48.8 Å². The van der Waals surface area contributed by atoms with Crippen LogP contribution in [0.5, 0.6) is 0 Å². The minimum atomic E-state index is -0.632. The molecule has 3 aromatic heterocycles. The molecule has 0 fully saturated rings. The largest absolute Gasteiger partial charge is 0.460 e. The zero-order valence-electron chi connectivity index (χ0n) is 15.6. The van der Waals surface area contributed by atoms with Crippen molar-refractivity contribution >= 4 is 15.9 Å². The summed E-state index contributed by atoms with van der Waals surface area (Å²) < 4.78 is 7.12. The molecule has 4 rings (SSSR count). The molecular formula is C20H19BrN4O3. The van der Waals surface area contributed by atoms with Crippen LogP contribution in [0, 0.1) is 20.8 Å². The van der Waals surface area contributed by atoms with Crippen molar-refractivity contribution < 1.29 is 4.42 Å². The Morgan fingerprint density at radius 2 is 1.46 bits per heavy atom. The fourth-order valence-corrected chi connectivity index (χ4v) is 3.82. The molecule has 0 aliphatic heterocycles. The molecule has 4 aromatic rings. The zero-order valence-corrected chi connectivity index (χ0v) is 17.2. The average Bonchev–Trinajstić information content (AvgIpc) is 3.35. The van der Waals surface area contributed by atoms with E-state index in [0.717, 1.165) is 15.6 Å². The van der Waals surface area contributed by atoms with Gasteiger partial charge in [0.25, 0.3) is 11.1 Å². The molecule has 7 nitrogen and oxygen atoms in total. The maximum absolute atomic E-state index is 12.5. The predicted molar refractivity (Wildman–Crippen MR) is 110 cm³/mol. The molecule has 0 radical (unpaired) electrons. The lowest BCUT2D eigenvalue weighted by atomic mass is 9.89. The van der Waals surface area contributed by atoms with Gasteiger partial charge in [-0.05, 0) is 44.5 Å². The molecule has 8 heteroatoms. The number of furan rings is 1. The highest BCUT2D eigenvalue weighted by atomic mass is 79.9. The molecule has 0 bridgehead atoms. The Hall–Kier alpha value is -3.00. The van der Waals surface area contributed by atoms with Crippen molar-refractivity contribution in [3.63, 3.8) is 0 Å². The first kappa shape index (κ1) is 18.4. The summed E-state index contributed by atoms with van der Waals surface area (Å²) >= 11 is 3.54. The van der Waals surface area contributed by atoms with Crippen LogP contribution in [0.1, 0.15) is 39.8 Å². The van der Waals surface area contributed by atoms with Gasteiger partial charge in [0.05, 0.1) is 17.0 Å². The van der Waals surface area contributed by atoms with Gasteiger partial charge in [-0.1, -0.05) is 28.1 Å². The molecule has 144 valence electrons. The van der Waals surface area contributed by atoms with Gasteiger partial charge in [0, 0.05) is 21.4 Å². The van der Waals surface area contributed by atoms with Crippen LogP contribution in [0.2, 0.25) is 0 Å². The number of hydrogen-bond acceptors (Lipinski definition) is 3. The van der Waals surface area contributed by atoms with Crippen LogP contribution in [0.3, 0.4) is 0 Å². The van der Waals surface area contributed by atoms with Gasteiger partial charge in [-0.3, -0.25) is 19.8 Å². The van der Waals surface area contributed by atoms with Crippen molar-refractivity contribution in [2.45, 2.75) is 26.7 Å². The van der Waals surface area contributed by atoms with Crippen LogP contribution in [0.25, 0.3) is 11.3 Å². The Kier molecular flexibility index (Phi) is 4.50. The summed E-state index contributed by atoms with van der Waals surface area (Å²) in [6, 6.07) is 9.62. The van der Waals surface area contributed by atoms with Gasteiger partial charge >= 0.3 is 0 Å². The third-order valence-corrected chi connectivity index (χ3v) is 5.82. The van der Waals surface area contributed by atoms with Gasteiger partial charge in [-0.2, -0.15) is 0 Å². The lowest BCUT2D eigenvalue weighted by Gasteiger charge is -2.12. The van der Waals surface area contributed by atoms with E-state index in [4.69, 9.17) is 4.42 Å². The highest BCUT2D eigenvalue weighted by Crippen LogP contribution is 2.35. The van der Waals surface area contributed by atoms with E-state index in [2.05, 4.69) is 36.3 Å². The fraction of sp³-hybridized carbons (Fsp3) is 0.200. The molecule has 1 aromatic carbocycles. The zero-order chi connectivity index (χ0) is 20.0. The Morgan fingerprint density at radius 1 is 0.857 bits per heavy atom. The first-order valence-corrected chi connectivity index (χ1v) is 9.56. The number of rotatable bonds is 4. The summed E-state index contributed by atoms with van der Waals surface area (Å²) in [5, 5.41) is 10.8. The summed E-state index contributed by atoms with van der Waals surface area (Å²) in [5.74, 6) is 0.552. The first-order chi connectivity index (χ1) is 13.4. The third kappa shape index (κ3) is 2.99. The predicted octanol–water partition coefficient (Wildman–Crippen LogP) is 3.85. The summed E-state index contributed by atoms with van der Waals surface area (Å²) in [7, 11) is 0. The van der Waals surface area contributed by atoms with Gasteiger partial charge in [0.1, 0.15) is 11.5 Å². The van der Waals surface area contributed by atoms with Crippen molar-refractivity contribution in [3.05, 3.63) is 89.4 Å². The monoisotopic (exact) mass is 442 g/mol. The molecule has 0 aliphatic rings. The van der Waals surface area contributed by atoms with Crippen LogP contribution >= 0.6 is 15.9 Å². The number of aromatic nitrogens is 4. The number of H-pyrrole nitrogens is 4. The van der Waals surface area contributed by atoms with Gasteiger partial charge in [0.15, 0.2) is 0 Å². The maximum atomic E-state index is 12.5. The molecule has 0 saturated carbocycles. The Bertz CT molecular complexity index is 1220. The van der Waals surface area contributed by atoms with E-state index < -0.39 is 5.92 Å². The van der Waals surface area contributed by atoms with Crippen LogP contribution in [0.4, 0.5) is 0 Å². The first-order valence-electron chi connectivity index (χ1n) is 8.77. The summed E-state index contributed by atoms with van der Waals surface area (Å²) in [6.45, 7) is 5.59. The molecule has 0 saturated heterocycles. The molecule has 4 N–H and O–H groups in total. The number of aromatic amines is 4. The molecule has 0 unspecified atom stereocenters.